The number of thiophene rings is 1. The van der Waals surface area contributed by atoms with E-state index in [0.717, 1.165) is 31.2 Å². The van der Waals surface area contributed by atoms with E-state index in [4.69, 9.17) is 25.7 Å². The fourth-order valence-corrected chi connectivity index (χ4v) is 10.6. The van der Waals surface area contributed by atoms with E-state index in [1.165, 1.54) is 6.07 Å². The average molecular weight is 887 g/mol. The van der Waals surface area contributed by atoms with Crippen molar-refractivity contribution in [3.8, 4) is 29.0 Å². The van der Waals surface area contributed by atoms with Crippen LogP contribution >= 0.6 is 11.3 Å². The van der Waals surface area contributed by atoms with E-state index in [2.05, 4.69) is 15.0 Å². The summed E-state index contributed by atoms with van der Waals surface area (Å²) in [6, 6.07) is 3.42. The molecule has 4 N–H and O–H groups in total. The third kappa shape index (κ3) is 7.16. The van der Waals surface area contributed by atoms with Gasteiger partial charge in [-0.25, -0.2) is 18.2 Å². The highest BCUT2D eigenvalue weighted by molar-refractivity contribution is 7.23. The number of hydrogen-bond donors (Lipinski definition) is 2. The molecule has 0 aliphatic carbocycles. The van der Waals surface area contributed by atoms with Crippen molar-refractivity contribution in [3.63, 3.8) is 0 Å². The second-order valence-electron chi connectivity index (χ2n) is 16.1. The van der Waals surface area contributed by atoms with Gasteiger partial charge in [-0.15, -0.1) is 11.3 Å². The molecule has 0 amide bonds. The number of rotatable bonds is 9. The van der Waals surface area contributed by atoms with Crippen LogP contribution in [0.4, 0.5) is 51.8 Å². The first kappa shape index (κ1) is 41.8. The molecule has 0 spiro atoms. The van der Waals surface area contributed by atoms with Gasteiger partial charge < -0.3 is 30.6 Å². The Morgan fingerprint density at radius 2 is 1.87 bits per heavy atom. The number of halogens is 8. The molecule has 7 heterocycles. The summed E-state index contributed by atoms with van der Waals surface area (Å²) in [6.07, 6.45) is -2.75. The maximum atomic E-state index is 17.8. The molecule has 0 radical (unpaired) electrons. The number of benzene rings is 2. The Hall–Kier alpha value is -5.52. The Kier molecular flexibility index (Phi) is 10.8. The number of ether oxygens (including phenoxy) is 3. The molecule has 4 aliphatic rings. The average Bonchev–Trinajstić information content (AvgIpc) is 3.88. The van der Waals surface area contributed by atoms with Crippen LogP contribution in [0.1, 0.15) is 67.7 Å². The summed E-state index contributed by atoms with van der Waals surface area (Å²) >= 11 is 0.627. The smallest absolute Gasteiger partial charge is 0.420 e. The van der Waals surface area contributed by atoms with Gasteiger partial charge in [-0.3, -0.25) is 4.90 Å². The minimum atomic E-state index is -5.33. The van der Waals surface area contributed by atoms with Crippen molar-refractivity contribution in [2.75, 3.05) is 62.4 Å². The zero-order chi connectivity index (χ0) is 43.7. The van der Waals surface area contributed by atoms with Crippen molar-refractivity contribution >= 4 is 49.0 Å². The van der Waals surface area contributed by atoms with Crippen LogP contribution in [0, 0.1) is 34.7 Å². The van der Waals surface area contributed by atoms with Crippen LogP contribution in [0.3, 0.4) is 0 Å². The van der Waals surface area contributed by atoms with Gasteiger partial charge in [-0.05, 0) is 75.1 Å². The van der Waals surface area contributed by atoms with Gasteiger partial charge in [-0.1, -0.05) is 6.07 Å². The first-order valence-corrected chi connectivity index (χ1v) is 20.8. The molecule has 0 unspecified atom stereocenters. The summed E-state index contributed by atoms with van der Waals surface area (Å²) in [5.41, 5.74) is 7.54. The highest BCUT2D eigenvalue weighted by Crippen LogP contribution is 2.54. The SMILES string of the molecule is N#Cc1c(N)sc2c(F)ccc(-c3c(C(F)(F)F)c4c5c(nc(OC[C@@]67CCCN6CC(=C(F)F)C7)nc5c3F)N([C@H](CCC3CCOCC3)c3cc(F)cnc3N)CCO4)c12. The molecule has 0 bridgehead atoms. The molecule has 2 aromatic carbocycles. The van der Waals surface area contributed by atoms with Gasteiger partial charge in [0.15, 0.2) is 5.82 Å². The Morgan fingerprint density at radius 3 is 2.61 bits per heavy atom. The minimum absolute atomic E-state index is 0.0149. The normalized spacial score (nSPS) is 20.0. The van der Waals surface area contributed by atoms with Crippen molar-refractivity contribution < 1.29 is 49.3 Å². The quantitative estimate of drug-likeness (QED) is 0.137. The number of fused-ring (bicyclic) bond motifs is 2. The molecule has 0 saturated carbocycles. The Balaban J connectivity index is 1.30. The van der Waals surface area contributed by atoms with Gasteiger partial charge in [0.2, 0.25) is 0 Å². The zero-order valence-electron chi connectivity index (χ0n) is 32.9. The summed E-state index contributed by atoms with van der Waals surface area (Å²) in [5.74, 6) is -4.11. The highest BCUT2D eigenvalue weighted by atomic mass is 32.1. The number of hydrogen-bond acceptors (Lipinski definition) is 12. The lowest BCUT2D eigenvalue weighted by molar-refractivity contribution is -0.138. The third-order valence-electron chi connectivity index (χ3n) is 12.6. The number of nitrogens with zero attached hydrogens (tertiary/aromatic N) is 6. The number of nitrogen functional groups attached to an aromatic ring is 2. The lowest BCUT2D eigenvalue weighted by Crippen LogP contribution is -2.43. The predicted octanol–water partition coefficient (Wildman–Crippen LogP) is 9.29. The molecule has 326 valence electrons. The molecule has 3 saturated heterocycles. The molecule has 4 aliphatic heterocycles. The van der Waals surface area contributed by atoms with Crippen LogP contribution in [-0.4, -0.2) is 71.5 Å². The predicted molar refractivity (Wildman–Crippen MR) is 214 cm³/mol. The fourth-order valence-electron chi connectivity index (χ4n) is 9.67. The van der Waals surface area contributed by atoms with Crippen LogP contribution in [0.2, 0.25) is 0 Å². The van der Waals surface area contributed by atoms with Crippen molar-refractivity contribution in [1.82, 2.24) is 19.9 Å². The lowest BCUT2D eigenvalue weighted by Gasteiger charge is -2.35. The first-order chi connectivity index (χ1) is 29.7. The number of pyridine rings is 1. The van der Waals surface area contributed by atoms with E-state index in [1.54, 1.807) is 4.90 Å². The van der Waals surface area contributed by atoms with Gasteiger partial charge >= 0.3 is 12.2 Å². The second-order valence-corrected chi connectivity index (χ2v) is 17.1. The van der Waals surface area contributed by atoms with E-state index < -0.39 is 87.2 Å². The molecular weight excluding hydrogens is 849 g/mol. The van der Waals surface area contributed by atoms with Crippen molar-refractivity contribution in [3.05, 3.63) is 70.2 Å². The lowest BCUT2D eigenvalue weighted by atomic mass is 9.89. The monoisotopic (exact) mass is 886 g/mol. The molecule has 3 fully saturated rings. The Morgan fingerprint density at radius 1 is 1.08 bits per heavy atom. The number of nitriles is 1. The van der Waals surface area contributed by atoms with E-state index in [1.807, 2.05) is 11.0 Å². The van der Waals surface area contributed by atoms with Crippen molar-refractivity contribution in [2.45, 2.75) is 62.7 Å². The molecule has 9 rings (SSSR count). The summed E-state index contributed by atoms with van der Waals surface area (Å²) in [6.45, 7) is 0.761. The molecule has 62 heavy (non-hydrogen) atoms. The van der Waals surface area contributed by atoms with Gasteiger partial charge in [0.05, 0.1) is 40.0 Å². The summed E-state index contributed by atoms with van der Waals surface area (Å²) < 4.78 is 141. The largest absolute Gasteiger partial charge is 0.490 e. The number of anilines is 3. The summed E-state index contributed by atoms with van der Waals surface area (Å²) in [5, 5.41) is 9.02. The number of nitrogens with two attached hydrogens (primary N) is 2. The summed E-state index contributed by atoms with van der Waals surface area (Å²) in [4.78, 5) is 16.5. The molecule has 2 atom stereocenters. The van der Waals surface area contributed by atoms with Gasteiger partial charge in [-0.2, -0.15) is 37.2 Å². The van der Waals surface area contributed by atoms with Crippen LogP contribution in [0.5, 0.6) is 11.8 Å². The van der Waals surface area contributed by atoms with Crippen LogP contribution < -0.4 is 25.8 Å². The van der Waals surface area contributed by atoms with Crippen LogP contribution in [0.25, 0.3) is 32.1 Å². The summed E-state index contributed by atoms with van der Waals surface area (Å²) in [7, 11) is 0. The number of alkyl halides is 3. The van der Waals surface area contributed by atoms with Gasteiger partial charge in [0, 0.05) is 41.8 Å². The Labute approximate surface area is 352 Å². The van der Waals surface area contributed by atoms with Crippen molar-refractivity contribution in [1.29, 1.82) is 5.26 Å². The standard InChI is InChI=1S/C42H38F8N8O3S/c43-22-14-24(37(52)54-17-22)27(5-2-20-6-11-59-12-7-20)58-10-13-60-34-30-33(55-40(56-39(30)58)61-19-41-8-1-9-57(41)18-21(15-41)36(46)47)32(45)29(31(34)42(48,49)50)23-3-4-26(44)35-28(23)25(16-51)38(53)62-35/h3-4,14,17,20,27H,1-2,5-13,15,18-19,53H2,(H2,52,54)/t27-,41+/m1/s1. The number of aromatic nitrogens is 3. The van der Waals surface area contributed by atoms with Crippen molar-refractivity contribution in [2.24, 2.45) is 5.92 Å². The van der Waals surface area contributed by atoms with Crippen LogP contribution in [0.15, 0.2) is 36.0 Å². The second kappa shape index (κ2) is 16.0. The molecule has 20 heteroatoms. The minimum Gasteiger partial charge on any atom is -0.490 e. The van der Waals surface area contributed by atoms with E-state index in [-0.39, 0.29) is 81.9 Å². The topological polar surface area (TPSA) is 149 Å². The molecule has 11 nitrogen and oxygen atoms in total. The van der Waals surface area contributed by atoms with E-state index >= 15 is 26.3 Å². The maximum absolute atomic E-state index is 17.8. The van der Waals surface area contributed by atoms with E-state index in [0.29, 0.717) is 50.4 Å². The molecule has 3 aromatic heterocycles. The Bertz CT molecular complexity index is 2680. The van der Waals surface area contributed by atoms with Crippen LogP contribution in [-0.2, 0) is 10.9 Å². The maximum Gasteiger partial charge on any atom is 0.420 e. The van der Waals surface area contributed by atoms with Gasteiger partial charge in [0.25, 0.3) is 6.08 Å². The fraction of sp³-hybridized carbons (Fsp3) is 0.429. The third-order valence-corrected chi connectivity index (χ3v) is 13.6. The molecular formula is C42H38F8N8O3S. The highest BCUT2D eigenvalue weighted by Gasteiger charge is 2.49. The van der Waals surface area contributed by atoms with Gasteiger partial charge in [0.1, 0.15) is 64.4 Å². The first-order valence-electron chi connectivity index (χ1n) is 20.0. The van der Waals surface area contributed by atoms with E-state index in [9.17, 15) is 14.0 Å². The molecule has 5 aromatic rings. The zero-order valence-corrected chi connectivity index (χ0v) is 33.7.